The third-order valence-corrected chi connectivity index (χ3v) is 7.84. The van der Waals surface area contributed by atoms with Gasteiger partial charge in [0.25, 0.3) is 0 Å². The van der Waals surface area contributed by atoms with Crippen LogP contribution in [-0.4, -0.2) is 70.9 Å². The Balaban J connectivity index is 1.40. The van der Waals surface area contributed by atoms with Gasteiger partial charge in [-0.1, -0.05) is 29.8 Å². The van der Waals surface area contributed by atoms with Gasteiger partial charge in [-0.05, 0) is 42.7 Å². The number of carbonyl (C=O) groups excluding carboxylic acids is 1. The zero-order valence-corrected chi connectivity index (χ0v) is 22.6. The molecule has 0 saturated carbocycles. The second-order valence-electron chi connectivity index (χ2n) is 10.1. The highest BCUT2D eigenvalue weighted by Crippen LogP contribution is 2.39. The third-order valence-electron chi connectivity index (χ3n) is 7.61. The van der Waals surface area contributed by atoms with E-state index < -0.39 is 29.4 Å². The number of hydrogen-bond donors (Lipinski definition) is 1. The Morgan fingerprint density at radius 2 is 1.70 bits per heavy atom. The number of anilines is 2. The predicted octanol–water partition coefficient (Wildman–Crippen LogP) is 5.43. The maximum Gasteiger partial charge on any atom is 0.433 e. The highest BCUT2D eigenvalue weighted by Gasteiger charge is 2.42. The van der Waals surface area contributed by atoms with Crippen LogP contribution in [0.15, 0.2) is 48.7 Å². The van der Waals surface area contributed by atoms with E-state index in [0.717, 1.165) is 46.5 Å². The van der Waals surface area contributed by atoms with Crippen LogP contribution in [0, 0.1) is 0 Å². The molecule has 0 aliphatic carbocycles. The summed E-state index contributed by atoms with van der Waals surface area (Å²) in [4.78, 5) is 29.2. The Bertz CT molecular complexity index is 1400. The number of halogens is 4. The number of carbonyl (C=O) groups is 2. The maximum atomic E-state index is 13.9. The molecule has 212 valence electrons. The summed E-state index contributed by atoms with van der Waals surface area (Å²) in [7, 11) is 0. The van der Waals surface area contributed by atoms with E-state index in [1.807, 2.05) is 46.2 Å². The van der Waals surface area contributed by atoms with Gasteiger partial charge >= 0.3 is 12.1 Å². The number of carboxylic acid groups (broad SMARTS) is 1. The first kappa shape index (κ1) is 27.8. The quantitative estimate of drug-likeness (QED) is 0.437. The van der Waals surface area contributed by atoms with E-state index in [2.05, 4.69) is 10.00 Å². The van der Waals surface area contributed by atoms with Crippen molar-refractivity contribution in [3.63, 3.8) is 0 Å². The number of carboxylic acids is 1. The summed E-state index contributed by atoms with van der Waals surface area (Å²) < 4.78 is 42.4. The number of alkyl halides is 3. The summed E-state index contributed by atoms with van der Waals surface area (Å²) in [5, 5.41) is 13.7. The zero-order valence-electron chi connectivity index (χ0n) is 21.9. The highest BCUT2D eigenvalue weighted by molar-refractivity contribution is 6.31. The molecule has 1 amide bonds. The maximum absolute atomic E-state index is 13.9. The van der Waals surface area contributed by atoms with Crippen LogP contribution in [0.2, 0.25) is 5.02 Å². The van der Waals surface area contributed by atoms with Gasteiger partial charge in [0.15, 0.2) is 5.69 Å². The number of aromatic carboxylic acids is 1. The third kappa shape index (κ3) is 5.60. The van der Waals surface area contributed by atoms with Crippen LogP contribution in [-0.2, 0) is 11.0 Å². The summed E-state index contributed by atoms with van der Waals surface area (Å²) in [6, 6.07) is 12.9. The van der Waals surface area contributed by atoms with E-state index in [1.54, 1.807) is 13.0 Å². The molecule has 2 saturated heterocycles. The largest absolute Gasteiger partial charge is 0.478 e. The molecular weight excluding hydrogens is 547 g/mol. The fourth-order valence-electron chi connectivity index (χ4n) is 5.59. The second kappa shape index (κ2) is 11.0. The Hall–Kier alpha value is -3.73. The van der Waals surface area contributed by atoms with Crippen molar-refractivity contribution >= 4 is 34.9 Å². The minimum Gasteiger partial charge on any atom is -0.478 e. The smallest absolute Gasteiger partial charge is 0.433 e. The van der Waals surface area contributed by atoms with Crippen molar-refractivity contribution < 1.29 is 27.9 Å². The number of hydrogen-bond acceptors (Lipinski definition) is 5. The van der Waals surface area contributed by atoms with E-state index in [4.69, 9.17) is 11.6 Å². The predicted molar refractivity (Wildman–Crippen MR) is 146 cm³/mol. The Labute approximate surface area is 234 Å². The molecule has 0 spiro atoms. The van der Waals surface area contributed by atoms with Crippen LogP contribution in [0.3, 0.4) is 0 Å². The average Bonchev–Trinajstić information content (AvgIpc) is 3.40. The standard InChI is InChI=1S/C28H29ClF3N5O3/c1-18(38)34-11-13-35(14-12-34)21-7-4-19(5-8-21)23-9-6-20(29)15-25(23)36-10-2-3-22(17-36)37-26(28(30,31)32)24(16-33-37)27(39)40/h4-9,15-16,22H,2-3,10-14,17H2,1H3,(H,39,40). The van der Waals surface area contributed by atoms with Crippen molar-refractivity contribution in [3.05, 3.63) is 64.9 Å². The van der Waals surface area contributed by atoms with E-state index >= 15 is 0 Å². The molecule has 40 heavy (non-hydrogen) atoms. The lowest BCUT2D eigenvalue weighted by atomic mass is 9.99. The van der Waals surface area contributed by atoms with Crippen molar-refractivity contribution in [2.45, 2.75) is 32.0 Å². The summed E-state index contributed by atoms with van der Waals surface area (Å²) in [6.45, 7) is 5.25. The molecule has 3 aromatic rings. The molecule has 1 atom stereocenters. The topological polar surface area (TPSA) is 81.9 Å². The van der Waals surface area contributed by atoms with Crippen LogP contribution >= 0.6 is 11.6 Å². The molecule has 2 aliphatic heterocycles. The molecule has 1 N–H and O–H groups in total. The number of benzene rings is 2. The minimum absolute atomic E-state index is 0.0785. The summed E-state index contributed by atoms with van der Waals surface area (Å²) in [6.07, 6.45) is -3.05. The Kier molecular flexibility index (Phi) is 7.67. The van der Waals surface area contributed by atoms with Crippen LogP contribution in [0.25, 0.3) is 11.1 Å². The molecule has 5 rings (SSSR count). The molecule has 12 heteroatoms. The van der Waals surface area contributed by atoms with Crippen LogP contribution < -0.4 is 9.80 Å². The van der Waals surface area contributed by atoms with Gasteiger partial charge in [0.2, 0.25) is 5.91 Å². The molecule has 2 aliphatic rings. The number of piperazine rings is 1. The van der Waals surface area contributed by atoms with Gasteiger partial charge in [0, 0.05) is 68.2 Å². The van der Waals surface area contributed by atoms with Crippen LogP contribution in [0.4, 0.5) is 24.5 Å². The first-order valence-electron chi connectivity index (χ1n) is 13.1. The van der Waals surface area contributed by atoms with Gasteiger partial charge < -0.3 is 19.8 Å². The fourth-order valence-corrected chi connectivity index (χ4v) is 5.76. The molecular formula is C28H29ClF3N5O3. The normalized spacial score (nSPS) is 18.2. The molecule has 3 heterocycles. The second-order valence-corrected chi connectivity index (χ2v) is 10.5. The van der Waals surface area contributed by atoms with Crippen molar-refractivity contribution in [3.8, 4) is 11.1 Å². The molecule has 2 aromatic carbocycles. The first-order valence-corrected chi connectivity index (χ1v) is 13.4. The van der Waals surface area contributed by atoms with Crippen molar-refractivity contribution in [2.75, 3.05) is 49.1 Å². The fraction of sp³-hybridized carbons (Fsp3) is 0.393. The lowest BCUT2D eigenvalue weighted by Crippen LogP contribution is -2.48. The van der Waals surface area contributed by atoms with Gasteiger partial charge in [-0.25, -0.2) is 4.79 Å². The average molecular weight is 576 g/mol. The number of rotatable bonds is 5. The zero-order chi connectivity index (χ0) is 28.6. The van der Waals surface area contributed by atoms with Crippen LogP contribution in [0.1, 0.15) is 41.9 Å². The first-order chi connectivity index (χ1) is 19.0. The summed E-state index contributed by atoms with van der Waals surface area (Å²) >= 11 is 6.37. The Morgan fingerprint density at radius 1 is 1.00 bits per heavy atom. The van der Waals surface area contributed by atoms with Gasteiger partial charge in [0.05, 0.1) is 12.2 Å². The SMILES string of the molecule is CC(=O)N1CCN(c2ccc(-c3ccc(Cl)cc3N3CCCC(n4ncc(C(=O)O)c4C(F)(F)F)C3)cc2)CC1. The van der Waals surface area contributed by atoms with Gasteiger partial charge in [-0.2, -0.15) is 18.3 Å². The van der Waals surface area contributed by atoms with Gasteiger partial charge in [-0.3, -0.25) is 9.48 Å². The molecule has 1 unspecified atom stereocenters. The van der Waals surface area contributed by atoms with Crippen molar-refractivity contribution in [2.24, 2.45) is 0 Å². The van der Waals surface area contributed by atoms with Gasteiger partial charge in [0.1, 0.15) is 5.56 Å². The number of aromatic nitrogens is 2. The number of nitrogens with zero attached hydrogens (tertiary/aromatic N) is 5. The Morgan fingerprint density at radius 3 is 2.33 bits per heavy atom. The van der Waals surface area contributed by atoms with Crippen molar-refractivity contribution in [1.29, 1.82) is 0 Å². The highest BCUT2D eigenvalue weighted by atomic mass is 35.5. The molecule has 8 nitrogen and oxygen atoms in total. The molecule has 0 bridgehead atoms. The van der Waals surface area contributed by atoms with E-state index in [1.165, 1.54) is 0 Å². The molecule has 1 aromatic heterocycles. The summed E-state index contributed by atoms with van der Waals surface area (Å²) in [5.74, 6) is -1.58. The van der Waals surface area contributed by atoms with Crippen LogP contribution in [0.5, 0.6) is 0 Å². The monoisotopic (exact) mass is 575 g/mol. The number of piperidine rings is 1. The lowest BCUT2D eigenvalue weighted by Gasteiger charge is -2.37. The van der Waals surface area contributed by atoms with Crippen molar-refractivity contribution in [1.82, 2.24) is 14.7 Å². The van der Waals surface area contributed by atoms with E-state index in [9.17, 15) is 27.9 Å². The molecule has 0 radical (unpaired) electrons. The lowest BCUT2D eigenvalue weighted by molar-refractivity contribution is -0.145. The number of amides is 1. The van der Waals surface area contributed by atoms with E-state index in [0.29, 0.717) is 37.5 Å². The molecule has 2 fully saturated rings. The van der Waals surface area contributed by atoms with E-state index in [-0.39, 0.29) is 12.5 Å². The van der Waals surface area contributed by atoms with Gasteiger partial charge in [-0.15, -0.1) is 0 Å². The minimum atomic E-state index is -4.85. The summed E-state index contributed by atoms with van der Waals surface area (Å²) in [5.41, 5.74) is 1.57.